The van der Waals surface area contributed by atoms with Crippen LogP contribution in [0.1, 0.15) is 25.0 Å². The van der Waals surface area contributed by atoms with Crippen LogP contribution < -0.4 is 4.74 Å². The number of rotatable bonds is 7. The van der Waals surface area contributed by atoms with Gasteiger partial charge in [0.05, 0.1) is 6.61 Å². The molecule has 0 bridgehead atoms. The lowest BCUT2D eigenvalue weighted by Crippen LogP contribution is -2.49. The van der Waals surface area contributed by atoms with E-state index in [1.54, 1.807) is 44.4 Å². The molecule has 0 fully saturated rings. The molecule has 3 rings (SSSR count). The standard InChI is InChI=1S/C26H33FN2O5S/c1-19-15-29(20(2)18-30)35(31,32)26-12-11-21(8-7-13-33-4)14-24(26)34-25(19)17-28(3)16-22-9-5-6-10-23(22)27/h5-6,9-12,14,19-20,25,30H,13,15-18H2,1-4H3/t19-,20+,25-/m0/s1. The van der Waals surface area contributed by atoms with Gasteiger partial charge in [-0.2, -0.15) is 4.31 Å². The van der Waals surface area contributed by atoms with Gasteiger partial charge in [-0.15, -0.1) is 0 Å². The predicted octanol–water partition coefficient (Wildman–Crippen LogP) is 2.72. The molecule has 0 amide bonds. The highest BCUT2D eigenvalue weighted by Gasteiger charge is 2.38. The normalized spacial score (nSPS) is 20.7. The topological polar surface area (TPSA) is 79.3 Å². The van der Waals surface area contributed by atoms with Gasteiger partial charge < -0.3 is 14.6 Å². The Kier molecular flexibility index (Phi) is 9.27. The van der Waals surface area contributed by atoms with Crippen LogP contribution in [0.4, 0.5) is 4.39 Å². The van der Waals surface area contributed by atoms with E-state index in [2.05, 4.69) is 11.8 Å². The molecule has 7 nitrogen and oxygen atoms in total. The second-order valence-corrected chi connectivity index (χ2v) is 10.8. The Bertz CT molecular complexity index is 1180. The Labute approximate surface area is 207 Å². The van der Waals surface area contributed by atoms with Crippen LogP contribution in [0.2, 0.25) is 0 Å². The van der Waals surface area contributed by atoms with E-state index in [0.29, 0.717) is 24.2 Å². The molecular formula is C26H33FN2O5S. The van der Waals surface area contributed by atoms with Gasteiger partial charge in [0, 0.05) is 49.8 Å². The summed E-state index contributed by atoms with van der Waals surface area (Å²) in [5, 5.41) is 9.77. The molecule has 2 aromatic rings. The molecular weight excluding hydrogens is 471 g/mol. The first-order valence-electron chi connectivity index (χ1n) is 11.5. The summed E-state index contributed by atoms with van der Waals surface area (Å²) in [7, 11) is -0.501. The summed E-state index contributed by atoms with van der Waals surface area (Å²) >= 11 is 0. The Morgan fingerprint density at radius 2 is 2.06 bits per heavy atom. The summed E-state index contributed by atoms with van der Waals surface area (Å²) in [4.78, 5) is 1.99. The third kappa shape index (κ3) is 6.60. The molecule has 0 unspecified atom stereocenters. The van der Waals surface area contributed by atoms with Crippen molar-refractivity contribution in [2.75, 3.05) is 40.5 Å². The average molecular weight is 505 g/mol. The zero-order chi connectivity index (χ0) is 25.6. The number of fused-ring (bicyclic) bond motifs is 1. The zero-order valence-corrected chi connectivity index (χ0v) is 21.4. The SMILES string of the molecule is COCC#Cc1ccc2c(c1)O[C@@H](CN(C)Cc1ccccc1F)[C@@H](C)CN([C@H](C)CO)S2(=O)=O. The number of aliphatic hydroxyl groups is 1. The van der Waals surface area contributed by atoms with Crippen LogP contribution in [0, 0.1) is 23.6 Å². The number of likely N-dealkylation sites (N-methyl/N-ethyl adjacent to an activating group) is 1. The number of methoxy groups -OCH3 is 1. The summed E-state index contributed by atoms with van der Waals surface area (Å²) < 4.78 is 53.9. The predicted molar refractivity (Wildman–Crippen MR) is 132 cm³/mol. The second kappa shape index (κ2) is 12.0. The summed E-state index contributed by atoms with van der Waals surface area (Å²) in [6.45, 7) is 4.54. The molecule has 190 valence electrons. The van der Waals surface area contributed by atoms with E-state index in [9.17, 15) is 17.9 Å². The van der Waals surface area contributed by atoms with Crippen molar-refractivity contribution in [1.29, 1.82) is 0 Å². The van der Waals surface area contributed by atoms with Crippen molar-refractivity contribution in [3.8, 4) is 17.6 Å². The van der Waals surface area contributed by atoms with Gasteiger partial charge in [0.15, 0.2) is 0 Å². The Morgan fingerprint density at radius 3 is 2.74 bits per heavy atom. The van der Waals surface area contributed by atoms with Crippen molar-refractivity contribution >= 4 is 10.0 Å². The first-order chi connectivity index (χ1) is 16.7. The van der Waals surface area contributed by atoms with Crippen LogP contribution in [0.3, 0.4) is 0 Å². The summed E-state index contributed by atoms with van der Waals surface area (Å²) in [5.74, 6) is 5.54. The van der Waals surface area contributed by atoms with Crippen LogP contribution in [-0.4, -0.2) is 75.3 Å². The summed E-state index contributed by atoms with van der Waals surface area (Å²) in [5.41, 5.74) is 1.17. The molecule has 0 saturated carbocycles. The molecule has 1 heterocycles. The van der Waals surface area contributed by atoms with Gasteiger partial charge in [-0.3, -0.25) is 4.90 Å². The van der Waals surface area contributed by atoms with E-state index in [0.717, 1.165) is 0 Å². The van der Waals surface area contributed by atoms with Crippen LogP contribution in [0.5, 0.6) is 5.75 Å². The van der Waals surface area contributed by atoms with Gasteiger partial charge in [-0.1, -0.05) is 37.0 Å². The molecule has 0 saturated heterocycles. The van der Waals surface area contributed by atoms with Crippen LogP contribution in [-0.2, 0) is 21.3 Å². The van der Waals surface area contributed by atoms with Crippen molar-refractivity contribution < 1.29 is 27.4 Å². The summed E-state index contributed by atoms with van der Waals surface area (Å²) in [6.07, 6.45) is -0.392. The van der Waals surface area contributed by atoms with Crippen molar-refractivity contribution in [3.63, 3.8) is 0 Å². The third-order valence-corrected chi connectivity index (χ3v) is 8.03. The first kappa shape index (κ1) is 27.1. The van der Waals surface area contributed by atoms with Gasteiger partial charge in [0.2, 0.25) is 10.0 Å². The average Bonchev–Trinajstić information content (AvgIpc) is 2.82. The number of ether oxygens (including phenoxy) is 2. The Hall–Kier alpha value is -2.48. The van der Waals surface area contributed by atoms with E-state index in [1.807, 2.05) is 18.9 Å². The maximum atomic E-state index is 14.2. The highest BCUT2D eigenvalue weighted by Crippen LogP contribution is 2.34. The lowest BCUT2D eigenvalue weighted by atomic mass is 10.0. The lowest BCUT2D eigenvalue weighted by Gasteiger charge is -2.37. The maximum absolute atomic E-state index is 14.2. The monoisotopic (exact) mass is 504 g/mol. The molecule has 0 spiro atoms. The van der Waals surface area contributed by atoms with Crippen molar-refractivity contribution in [3.05, 3.63) is 59.4 Å². The fourth-order valence-corrected chi connectivity index (χ4v) is 5.85. The maximum Gasteiger partial charge on any atom is 0.247 e. The number of nitrogens with zero attached hydrogens (tertiary/aromatic N) is 2. The van der Waals surface area contributed by atoms with Crippen molar-refractivity contribution in [2.24, 2.45) is 5.92 Å². The molecule has 0 aliphatic carbocycles. The highest BCUT2D eigenvalue weighted by molar-refractivity contribution is 7.89. The van der Waals surface area contributed by atoms with Crippen molar-refractivity contribution in [1.82, 2.24) is 9.21 Å². The van der Waals surface area contributed by atoms with Gasteiger partial charge in [-0.25, -0.2) is 12.8 Å². The lowest BCUT2D eigenvalue weighted by molar-refractivity contribution is 0.0731. The minimum Gasteiger partial charge on any atom is -0.487 e. The van der Waals surface area contributed by atoms with E-state index in [4.69, 9.17) is 9.47 Å². The summed E-state index contributed by atoms with van der Waals surface area (Å²) in [6, 6.07) is 10.8. The highest BCUT2D eigenvalue weighted by atomic mass is 32.2. The van der Waals surface area contributed by atoms with Crippen LogP contribution in [0.25, 0.3) is 0 Å². The largest absolute Gasteiger partial charge is 0.487 e. The molecule has 0 radical (unpaired) electrons. The number of hydrogen-bond acceptors (Lipinski definition) is 6. The van der Waals surface area contributed by atoms with Gasteiger partial charge in [0.25, 0.3) is 0 Å². The minimum atomic E-state index is -3.92. The Balaban J connectivity index is 1.97. The molecule has 1 aliphatic rings. The van der Waals surface area contributed by atoms with Gasteiger partial charge >= 0.3 is 0 Å². The van der Waals surface area contributed by atoms with E-state index in [1.165, 1.54) is 16.4 Å². The van der Waals surface area contributed by atoms with Gasteiger partial charge in [-0.05, 0) is 38.2 Å². The van der Waals surface area contributed by atoms with Crippen LogP contribution in [0.15, 0.2) is 47.4 Å². The fraction of sp³-hybridized carbons (Fsp3) is 0.462. The molecule has 35 heavy (non-hydrogen) atoms. The number of hydrogen-bond donors (Lipinski definition) is 1. The number of benzene rings is 2. The molecule has 1 aliphatic heterocycles. The second-order valence-electron chi connectivity index (χ2n) is 8.92. The smallest absolute Gasteiger partial charge is 0.247 e. The van der Waals surface area contributed by atoms with Gasteiger partial charge in [0.1, 0.15) is 29.2 Å². The fourth-order valence-electron chi connectivity index (χ4n) is 4.02. The molecule has 1 N–H and O–H groups in total. The number of aliphatic hydroxyl groups excluding tert-OH is 1. The first-order valence-corrected chi connectivity index (χ1v) is 12.9. The van der Waals surface area contributed by atoms with Crippen LogP contribution >= 0.6 is 0 Å². The molecule has 9 heteroatoms. The molecule has 2 aromatic carbocycles. The molecule has 0 aromatic heterocycles. The molecule has 3 atom stereocenters. The van der Waals surface area contributed by atoms with E-state index in [-0.39, 0.29) is 42.1 Å². The van der Waals surface area contributed by atoms with E-state index < -0.39 is 22.2 Å². The van der Waals surface area contributed by atoms with E-state index >= 15 is 0 Å². The quantitative estimate of drug-likeness (QED) is 0.585. The van der Waals surface area contributed by atoms with Crippen molar-refractivity contribution in [2.45, 2.75) is 37.4 Å². The number of halogens is 1. The zero-order valence-electron chi connectivity index (χ0n) is 20.6. The Morgan fingerprint density at radius 1 is 1.31 bits per heavy atom. The number of sulfonamides is 1. The third-order valence-electron chi connectivity index (χ3n) is 6.01. The minimum absolute atomic E-state index is 0.0312.